The van der Waals surface area contributed by atoms with Crippen molar-refractivity contribution >= 4 is 0 Å². The molecule has 1 unspecified atom stereocenters. The third kappa shape index (κ3) is 2.47. The van der Waals surface area contributed by atoms with Crippen molar-refractivity contribution in [1.82, 2.24) is 0 Å². The Bertz CT molecular complexity index is 56.4. The van der Waals surface area contributed by atoms with E-state index >= 15 is 0 Å². The summed E-state index contributed by atoms with van der Waals surface area (Å²) in [6.45, 7) is 0.806. The SMILES string of the molecule is CC(O)C(O)(F)F. The summed E-state index contributed by atoms with van der Waals surface area (Å²) in [6.07, 6.45) is -5.92. The maximum atomic E-state index is 11.2. The molecular weight excluding hydrogens is 106 g/mol. The smallest absolute Gasteiger partial charge is 0.378 e. The van der Waals surface area contributed by atoms with Gasteiger partial charge in [0.1, 0.15) is 6.10 Å². The molecule has 0 aliphatic heterocycles. The van der Waals surface area contributed by atoms with Crippen LogP contribution in [0, 0.1) is 0 Å². The predicted octanol–water partition coefficient (Wildman–Crippen LogP) is -0.0477. The molecule has 0 aromatic carbocycles. The second-order valence-electron chi connectivity index (χ2n) is 1.26. The van der Waals surface area contributed by atoms with Crippen LogP contribution in [0.5, 0.6) is 0 Å². The Kier molecular flexibility index (Phi) is 1.66. The van der Waals surface area contributed by atoms with Gasteiger partial charge in [-0.25, -0.2) is 0 Å². The van der Waals surface area contributed by atoms with Gasteiger partial charge < -0.3 is 10.2 Å². The summed E-state index contributed by atoms with van der Waals surface area (Å²) < 4.78 is 22.3. The van der Waals surface area contributed by atoms with E-state index in [1.54, 1.807) is 0 Å². The molecule has 0 aromatic heterocycles. The lowest BCUT2D eigenvalue weighted by Crippen LogP contribution is -2.29. The van der Waals surface area contributed by atoms with Gasteiger partial charge >= 0.3 is 6.11 Å². The van der Waals surface area contributed by atoms with Crippen molar-refractivity contribution in [3.63, 3.8) is 0 Å². The van der Waals surface area contributed by atoms with Crippen LogP contribution in [-0.2, 0) is 0 Å². The van der Waals surface area contributed by atoms with Gasteiger partial charge in [0, 0.05) is 0 Å². The van der Waals surface area contributed by atoms with E-state index in [9.17, 15) is 8.78 Å². The molecule has 0 amide bonds. The molecule has 0 aliphatic carbocycles. The summed E-state index contributed by atoms with van der Waals surface area (Å²) in [5, 5.41) is 15.4. The molecule has 0 bridgehead atoms. The topological polar surface area (TPSA) is 40.5 Å². The lowest BCUT2D eigenvalue weighted by Gasteiger charge is -2.09. The van der Waals surface area contributed by atoms with Crippen molar-refractivity contribution in [2.45, 2.75) is 19.1 Å². The Labute approximate surface area is 39.4 Å². The highest BCUT2D eigenvalue weighted by Gasteiger charge is 2.30. The fourth-order valence-corrected chi connectivity index (χ4v) is 0. The van der Waals surface area contributed by atoms with Crippen LogP contribution in [-0.4, -0.2) is 22.4 Å². The minimum atomic E-state index is -3.94. The van der Waals surface area contributed by atoms with E-state index in [1.165, 1.54) is 0 Å². The van der Waals surface area contributed by atoms with Crippen LogP contribution in [0.2, 0.25) is 0 Å². The second-order valence-corrected chi connectivity index (χ2v) is 1.26. The van der Waals surface area contributed by atoms with Gasteiger partial charge in [-0.2, -0.15) is 8.78 Å². The zero-order valence-corrected chi connectivity index (χ0v) is 3.73. The molecule has 7 heavy (non-hydrogen) atoms. The molecule has 1 atom stereocenters. The first-order chi connectivity index (χ1) is 2.94. The van der Waals surface area contributed by atoms with E-state index in [-0.39, 0.29) is 0 Å². The van der Waals surface area contributed by atoms with Crippen LogP contribution >= 0.6 is 0 Å². The molecular formula is C3H6F2O2. The number of aliphatic hydroxyl groups is 2. The van der Waals surface area contributed by atoms with E-state index < -0.39 is 12.2 Å². The fraction of sp³-hybridized carbons (Fsp3) is 1.00. The first-order valence-corrected chi connectivity index (χ1v) is 1.73. The molecule has 2 nitrogen and oxygen atoms in total. The van der Waals surface area contributed by atoms with Crippen molar-refractivity contribution in [3.8, 4) is 0 Å². The number of aliphatic hydroxyl groups excluding tert-OH is 1. The third-order valence-corrected chi connectivity index (χ3v) is 0.503. The molecule has 0 rings (SSSR count). The highest BCUT2D eigenvalue weighted by Crippen LogP contribution is 2.11. The average Bonchev–Trinajstić information content (AvgIpc) is 1.31. The fourth-order valence-electron chi connectivity index (χ4n) is 0. The highest BCUT2D eigenvalue weighted by atomic mass is 19.3. The molecule has 4 heteroatoms. The molecule has 0 aromatic rings. The molecule has 0 radical (unpaired) electrons. The first-order valence-electron chi connectivity index (χ1n) is 1.73. The minimum absolute atomic E-state index is 0.806. The first kappa shape index (κ1) is 6.78. The van der Waals surface area contributed by atoms with E-state index in [1.807, 2.05) is 0 Å². The Morgan fingerprint density at radius 2 is 1.71 bits per heavy atom. The molecule has 0 saturated heterocycles. The van der Waals surface area contributed by atoms with Gasteiger partial charge in [-0.15, -0.1) is 0 Å². The largest absolute Gasteiger partial charge is 0.384 e. The molecule has 0 heterocycles. The summed E-state index contributed by atoms with van der Waals surface area (Å²) in [4.78, 5) is 0. The molecule has 0 saturated carbocycles. The summed E-state index contributed by atoms with van der Waals surface area (Å²) in [5.74, 6) is 0. The summed E-state index contributed by atoms with van der Waals surface area (Å²) in [5.41, 5.74) is 0. The zero-order chi connectivity index (χ0) is 6.08. The number of alkyl halides is 2. The maximum Gasteiger partial charge on any atom is 0.378 e. The van der Waals surface area contributed by atoms with Crippen LogP contribution in [0.3, 0.4) is 0 Å². The minimum Gasteiger partial charge on any atom is -0.384 e. The van der Waals surface area contributed by atoms with Crippen molar-refractivity contribution in [3.05, 3.63) is 0 Å². The van der Waals surface area contributed by atoms with Gasteiger partial charge in [-0.05, 0) is 6.92 Å². The molecule has 2 N–H and O–H groups in total. The van der Waals surface area contributed by atoms with Gasteiger partial charge in [-0.3, -0.25) is 0 Å². The van der Waals surface area contributed by atoms with Crippen LogP contribution in [0.25, 0.3) is 0 Å². The molecule has 0 spiro atoms. The molecule has 0 aliphatic rings. The number of hydrogen-bond donors (Lipinski definition) is 2. The van der Waals surface area contributed by atoms with Crippen LogP contribution in [0.4, 0.5) is 8.78 Å². The van der Waals surface area contributed by atoms with Crippen molar-refractivity contribution in [1.29, 1.82) is 0 Å². The van der Waals surface area contributed by atoms with Gasteiger partial charge in [0.25, 0.3) is 0 Å². The van der Waals surface area contributed by atoms with E-state index in [4.69, 9.17) is 10.2 Å². The van der Waals surface area contributed by atoms with E-state index in [0.717, 1.165) is 6.92 Å². The standard InChI is InChI=1S/C3H6F2O2/c1-2(6)3(4,5)7/h2,6-7H,1H3. The Hall–Kier alpha value is -0.220. The number of rotatable bonds is 1. The lowest BCUT2D eigenvalue weighted by atomic mass is 10.4. The summed E-state index contributed by atoms with van der Waals surface area (Å²) in [7, 11) is 0. The van der Waals surface area contributed by atoms with Gasteiger partial charge in [-0.1, -0.05) is 0 Å². The maximum absolute atomic E-state index is 11.2. The summed E-state index contributed by atoms with van der Waals surface area (Å²) in [6, 6.07) is 0. The Balaban J connectivity index is 3.54. The average molecular weight is 112 g/mol. The predicted molar refractivity (Wildman–Crippen MR) is 18.8 cm³/mol. The van der Waals surface area contributed by atoms with Gasteiger partial charge in [0.15, 0.2) is 0 Å². The van der Waals surface area contributed by atoms with Crippen molar-refractivity contribution < 1.29 is 19.0 Å². The molecule has 0 fully saturated rings. The van der Waals surface area contributed by atoms with Gasteiger partial charge in [0.2, 0.25) is 0 Å². The van der Waals surface area contributed by atoms with Crippen LogP contribution in [0.1, 0.15) is 6.92 Å². The monoisotopic (exact) mass is 112 g/mol. The second kappa shape index (κ2) is 1.71. The number of halogens is 2. The Morgan fingerprint density at radius 1 is 1.57 bits per heavy atom. The normalized spacial score (nSPS) is 16.7. The van der Waals surface area contributed by atoms with E-state index in [2.05, 4.69) is 0 Å². The highest BCUT2D eigenvalue weighted by molar-refractivity contribution is 4.54. The third-order valence-electron chi connectivity index (χ3n) is 0.503. The number of hydrogen-bond acceptors (Lipinski definition) is 2. The van der Waals surface area contributed by atoms with Crippen LogP contribution < -0.4 is 0 Å². The van der Waals surface area contributed by atoms with E-state index in [0.29, 0.717) is 0 Å². The molecule has 44 valence electrons. The zero-order valence-electron chi connectivity index (χ0n) is 3.73. The van der Waals surface area contributed by atoms with Gasteiger partial charge in [0.05, 0.1) is 0 Å². The summed E-state index contributed by atoms with van der Waals surface area (Å²) >= 11 is 0. The lowest BCUT2D eigenvalue weighted by molar-refractivity contribution is -0.253. The van der Waals surface area contributed by atoms with Crippen molar-refractivity contribution in [2.75, 3.05) is 0 Å². The van der Waals surface area contributed by atoms with Crippen LogP contribution in [0.15, 0.2) is 0 Å². The van der Waals surface area contributed by atoms with Crippen molar-refractivity contribution in [2.24, 2.45) is 0 Å². The quantitative estimate of drug-likeness (QED) is 0.499. The Morgan fingerprint density at radius 3 is 1.71 bits per heavy atom.